The van der Waals surface area contributed by atoms with Crippen LogP contribution in [0.5, 0.6) is 0 Å². The summed E-state index contributed by atoms with van der Waals surface area (Å²) in [4.78, 5) is 7.32. The summed E-state index contributed by atoms with van der Waals surface area (Å²) in [5.41, 5.74) is 8.28. The predicted octanol–water partition coefficient (Wildman–Crippen LogP) is 1.34. The van der Waals surface area contributed by atoms with Crippen molar-refractivity contribution < 1.29 is 0 Å². The molecule has 0 unspecified atom stereocenters. The molecule has 15 heavy (non-hydrogen) atoms. The Balaban J connectivity index is 2.17. The van der Waals surface area contributed by atoms with E-state index in [0.717, 1.165) is 29.7 Å². The highest BCUT2D eigenvalue weighted by molar-refractivity contribution is 5.92. The maximum absolute atomic E-state index is 5.72. The van der Waals surface area contributed by atoms with E-state index in [4.69, 9.17) is 5.73 Å². The van der Waals surface area contributed by atoms with Gasteiger partial charge in [-0.05, 0) is 6.07 Å². The second-order valence-electron chi connectivity index (χ2n) is 3.55. The first kappa shape index (κ1) is 8.28. The number of nitrogens with two attached hydrogens (primary N) is 1. The van der Waals surface area contributed by atoms with E-state index in [9.17, 15) is 0 Å². The van der Waals surface area contributed by atoms with Crippen molar-refractivity contribution in [3.05, 3.63) is 18.5 Å². The van der Waals surface area contributed by atoms with E-state index in [0.29, 0.717) is 5.69 Å². The number of aromatic nitrogens is 2. The van der Waals surface area contributed by atoms with Crippen LogP contribution in [0.3, 0.4) is 0 Å². The van der Waals surface area contributed by atoms with E-state index in [2.05, 4.69) is 15.1 Å². The van der Waals surface area contributed by atoms with E-state index in [-0.39, 0.29) is 0 Å². The van der Waals surface area contributed by atoms with Crippen LogP contribution in [0, 0.1) is 0 Å². The number of hydrogen-bond donors (Lipinski definition) is 2. The highest BCUT2D eigenvalue weighted by Gasteiger charge is 2.13. The number of nitrogens with zero attached hydrogens (tertiary/aromatic N) is 3. The number of nitrogens with one attached hydrogen (secondary N) is 1. The van der Waals surface area contributed by atoms with Crippen LogP contribution in [-0.2, 0) is 0 Å². The van der Waals surface area contributed by atoms with Crippen LogP contribution in [0.25, 0.3) is 11.0 Å². The Kier molecular flexibility index (Phi) is 1.65. The summed E-state index contributed by atoms with van der Waals surface area (Å²) in [5, 5.41) is 7.26. The SMILES string of the molecule is Nc1cnc2[nH]cc(N3CCC=N3)c2c1. The first-order chi connectivity index (χ1) is 7.34. The van der Waals surface area contributed by atoms with Gasteiger partial charge in [0.25, 0.3) is 0 Å². The van der Waals surface area contributed by atoms with Gasteiger partial charge in [0.05, 0.1) is 17.6 Å². The summed E-state index contributed by atoms with van der Waals surface area (Å²) >= 11 is 0. The maximum Gasteiger partial charge on any atom is 0.139 e. The monoisotopic (exact) mass is 201 g/mol. The lowest BCUT2D eigenvalue weighted by atomic mass is 10.3. The second kappa shape index (κ2) is 2.98. The van der Waals surface area contributed by atoms with Gasteiger partial charge in [0, 0.05) is 30.8 Å². The highest BCUT2D eigenvalue weighted by atomic mass is 15.5. The molecule has 1 aliphatic rings. The van der Waals surface area contributed by atoms with Crippen molar-refractivity contribution in [1.82, 2.24) is 9.97 Å². The lowest BCUT2D eigenvalue weighted by molar-refractivity contribution is 0.927. The smallest absolute Gasteiger partial charge is 0.139 e. The molecule has 0 atom stereocenters. The van der Waals surface area contributed by atoms with Gasteiger partial charge in [-0.2, -0.15) is 5.10 Å². The lowest BCUT2D eigenvalue weighted by Crippen LogP contribution is -2.11. The molecule has 2 aromatic heterocycles. The van der Waals surface area contributed by atoms with Crippen LogP contribution in [0.4, 0.5) is 11.4 Å². The van der Waals surface area contributed by atoms with E-state index in [1.54, 1.807) is 6.20 Å². The van der Waals surface area contributed by atoms with Crippen molar-refractivity contribution in [2.24, 2.45) is 5.10 Å². The molecule has 0 amide bonds. The Morgan fingerprint density at radius 1 is 1.47 bits per heavy atom. The summed E-state index contributed by atoms with van der Waals surface area (Å²) < 4.78 is 0. The molecule has 0 radical (unpaired) electrons. The minimum Gasteiger partial charge on any atom is -0.397 e. The molecule has 0 aliphatic carbocycles. The fourth-order valence-electron chi connectivity index (χ4n) is 1.80. The van der Waals surface area contributed by atoms with Crippen LogP contribution in [-0.4, -0.2) is 22.7 Å². The standard InChI is InChI=1S/C10H11N5/c11-7-4-8-9(15-3-1-2-14-15)6-13-10(8)12-5-7/h2,4-6H,1,3,11H2,(H,12,13). The Morgan fingerprint density at radius 2 is 2.40 bits per heavy atom. The minimum absolute atomic E-state index is 0.673. The van der Waals surface area contributed by atoms with Gasteiger partial charge in [-0.15, -0.1) is 0 Å². The number of anilines is 2. The Labute approximate surface area is 86.6 Å². The van der Waals surface area contributed by atoms with Gasteiger partial charge in [-0.3, -0.25) is 5.01 Å². The third-order valence-corrected chi connectivity index (χ3v) is 2.50. The number of rotatable bonds is 1. The molecule has 5 nitrogen and oxygen atoms in total. The van der Waals surface area contributed by atoms with Gasteiger partial charge in [0.1, 0.15) is 5.65 Å². The van der Waals surface area contributed by atoms with E-state index in [1.165, 1.54) is 0 Å². The molecule has 5 heteroatoms. The second-order valence-corrected chi connectivity index (χ2v) is 3.55. The summed E-state index contributed by atoms with van der Waals surface area (Å²) in [6, 6.07) is 1.92. The molecule has 0 saturated heterocycles. The zero-order valence-corrected chi connectivity index (χ0v) is 8.14. The number of pyridine rings is 1. The van der Waals surface area contributed by atoms with Crippen LogP contribution in [0.15, 0.2) is 23.6 Å². The first-order valence-electron chi connectivity index (χ1n) is 4.87. The van der Waals surface area contributed by atoms with Crippen molar-refractivity contribution in [1.29, 1.82) is 0 Å². The van der Waals surface area contributed by atoms with Crippen molar-refractivity contribution >= 4 is 28.6 Å². The Bertz CT molecular complexity index is 528. The molecule has 0 fully saturated rings. The number of aromatic amines is 1. The molecule has 0 aromatic carbocycles. The average molecular weight is 201 g/mol. The topological polar surface area (TPSA) is 70.3 Å². The number of fused-ring (bicyclic) bond motifs is 1. The quantitative estimate of drug-likeness (QED) is 0.731. The fourth-order valence-corrected chi connectivity index (χ4v) is 1.80. The minimum atomic E-state index is 0.673. The summed E-state index contributed by atoms with van der Waals surface area (Å²) in [5.74, 6) is 0. The van der Waals surface area contributed by atoms with Crippen molar-refractivity contribution in [2.75, 3.05) is 17.3 Å². The predicted molar refractivity (Wildman–Crippen MR) is 61.0 cm³/mol. The Morgan fingerprint density at radius 3 is 3.20 bits per heavy atom. The molecule has 3 rings (SSSR count). The number of H-pyrrole nitrogens is 1. The third-order valence-electron chi connectivity index (χ3n) is 2.50. The molecule has 3 N–H and O–H groups in total. The van der Waals surface area contributed by atoms with Crippen molar-refractivity contribution in [3.8, 4) is 0 Å². The number of hydrogen-bond acceptors (Lipinski definition) is 4. The third kappa shape index (κ3) is 1.24. The van der Waals surface area contributed by atoms with Crippen molar-refractivity contribution in [2.45, 2.75) is 6.42 Å². The molecule has 76 valence electrons. The van der Waals surface area contributed by atoms with Gasteiger partial charge in [-0.1, -0.05) is 0 Å². The summed E-state index contributed by atoms with van der Waals surface area (Å²) in [6.07, 6.45) is 6.47. The lowest BCUT2D eigenvalue weighted by Gasteiger charge is -2.11. The molecule has 0 bridgehead atoms. The molecule has 0 spiro atoms. The first-order valence-corrected chi connectivity index (χ1v) is 4.87. The van der Waals surface area contributed by atoms with Gasteiger partial charge in [-0.25, -0.2) is 4.98 Å². The zero-order chi connectivity index (χ0) is 10.3. The van der Waals surface area contributed by atoms with Gasteiger partial charge >= 0.3 is 0 Å². The van der Waals surface area contributed by atoms with Crippen molar-refractivity contribution in [3.63, 3.8) is 0 Å². The van der Waals surface area contributed by atoms with Crippen LogP contribution in [0.1, 0.15) is 6.42 Å². The van der Waals surface area contributed by atoms with Gasteiger partial charge in [0.15, 0.2) is 0 Å². The highest BCUT2D eigenvalue weighted by Crippen LogP contribution is 2.28. The molecular formula is C10H11N5. The summed E-state index contributed by atoms with van der Waals surface area (Å²) in [6.45, 7) is 0.918. The Hall–Kier alpha value is -2.04. The molecule has 1 aliphatic heterocycles. The molecule has 3 heterocycles. The normalized spacial score (nSPS) is 15.3. The van der Waals surface area contributed by atoms with Gasteiger partial charge in [0.2, 0.25) is 0 Å². The molecule has 0 saturated carbocycles. The van der Waals surface area contributed by atoms with E-state index < -0.39 is 0 Å². The largest absolute Gasteiger partial charge is 0.397 e. The van der Waals surface area contributed by atoms with Crippen LogP contribution in [0.2, 0.25) is 0 Å². The summed E-state index contributed by atoms with van der Waals surface area (Å²) in [7, 11) is 0. The molecule has 2 aromatic rings. The molecular weight excluding hydrogens is 190 g/mol. The van der Waals surface area contributed by atoms with Gasteiger partial charge < -0.3 is 10.7 Å². The number of hydrazone groups is 1. The average Bonchev–Trinajstić information content (AvgIpc) is 2.83. The fraction of sp³-hybridized carbons (Fsp3) is 0.200. The zero-order valence-electron chi connectivity index (χ0n) is 8.14. The van der Waals surface area contributed by atoms with Crippen LogP contribution >= 0.6 is 0 Å². The van der Waals surface area contributed by atoms with E-state index in [1.807, 2.05) is 23.5 Å². The van der Waals surface area contributed by atoms with E-state index >= 15 is 0 Å². The van der Waals surface area contributed by atoms with Crippen LogP contribution < -0.4 is 10.7 Å². The maximum atomic E-state index is 5.72. The number of nitrogen functional groups attached to an aromatic ring is 1.